The second-order valence-electron chi connectivity index (χ2n) is 6.59. The number of hydrogen-bond donors (Lipinski definition) is 2. The zero-order valence-electron chi connectivity index (χ0n) is 15.0. The van der Waals surface area contributed by atoms with Crippen LogP contribution in [0.3, 0.4) is 0 Å². The predicted octanol–water partition coefficient (Wildman–Crippen LogP) is 4.31. The first-order chi connectivity index (χ1) is 13.1. The van der Waals surface area contributed by atoms with Gasteiger partial charge >= 0.3 is 5.97 Å². The minimum Gasteiger partial charge on any atom is -0.478 e. The van der Waals surface area contributed by atoms with E-state index >= 15 is 0 Å². The Balaban J connectivity index is 1.63. The molecule has 0 radical (unpaired) electrons. The number of benzene rings is 2. The number of rotatable bonds is 4. The number of anilines is 4. The molecule has 0 saturated carbocycles. The fourth-order valence-electron chi connectivity index (χ4n) is 3.32. The maximum Gasteiger partial charge on any atom is 0.335 e. The molecule has 2 heterocycles. The van der Waals surface area contributed by atoms with Crippen molar-refractivity contribution in [3.63, 3.8) is 0 Å². The van der Waals surface area contributed by atoms with Crippen molar-refractivity contribution in [3.05, 3.63) is 71.4 Å². The molecule has 0 unspecified atom stereocenters. The topological polar surface area (TPSA) is 78.3 Å². The number of carbonyl (C=O) groups is 1. The van der Waals surface area contributed by atoms with Crippen molar-refractivity contribution in [2.75, 3.05) is 16.8 Å². The van der Waals surface area contributed by atoms with E-state index in [4.69, 9.17) is 10.1 Å². The molecule has 0 atom stereocenters. The first-order valence-corrected chi connectivity index (χ1v) is 8.92. The first-order valence-electron chi connectivity index (χ1n) is 8.92. The number of para-hydroxylation sites is 1. The summed E-state index contributed by atoms with van der Waals surface area (Å²) in [6.07, 6.45) is 2.13. The number of carboxylic acid groups (broad SMARTS) is 1. The fraction of sp³-hybridized carbons (Fsp3) is 0.190. The van der Waals surface area contributed by atoms with Crippen LogP contribution < -0.4 is 10.2 Å². The third-order valence-electron chi connectivity index (χ3n) is 4.60. The highest BCUT2D eigenvalue weighted by molar-refractivity contribution is 5.88. The van der Waals surface area contributed by atoms with Gasteiger partial charge in [0.05, 0.1) is 5.56 Å². The van der Waals surface area contributed by atoms with Gasteiger partial charge in [-0.1, -0.05) is 18.2 Å². The van der Waals surface area contributed by atoms with Gasteiger partial charge in [-0.15, -0.1) is 0 Å². The monoisotopic (exact) mass is 360 g/mol. The maximum atomic E-state index is 11.0. The standard InChI is InChI=1S/C21H20N4O2/c1-14-13-19(23-17-10-8-16(9-11-17)20(26)27)24-21(22-14)25-12-4-6-15-5-2-3-7-18(15)25/h2-3,5,7-11,13H,4,6,12H2,1H3,(H,26,27)(H,22,23,24). The van der Waals surface area contributed by atoms with Crippen LogP contribution in [-0.2, 0) is 6.42 Å². The average molecular weight is 360 g/mol. The van der Waals surface area contributed by atoms with Gasteiger partial charge in [0.2, 0.25) is 5.95 Å². The second kappa shape index (κ2) is 7.07. The number of aromatic carboxylic acids is 1. The zero-order valence-corrected chi connectivity index (χ0v) is 15.0. The van der Waals surface area contributed by atoms with Gasteiger partial charge in [0.25, 0.3) is 0 Å². The Bertz CT molecular complexity index is 986. The molecule has 27 heavy (non-hydrogen) atoms. The molecule has 6 nitrogen and oxygen atoms in total. The molecular formula is C21H20N4O2. The fourth-order valence-corrected chi connectivity index (χ4v) is 3.32. The van der Waals surface area contributed by atoms with Crippen LogP contribution in [0.4, 0.5) is 23.1 Å². The second-order valence-corrected chi connectivity index (χ2v) is 6.59. The molecular weight excluding hydrogens is 340 g/mol. The van der Waals surface area contributed by atoms with Gasteiger partial charge in [-0.05, 0) is 55.7 Å². The summed E-state index contributed by atoms with van der Waals surface area (Å²) in [4.78, 5) is 22.5. The molecule has 0 bridgehead atoms. The van der Waals surface area contributed by atoms with Crippen LogP contribution in [0.15, 0.2) is 54.6 Å². The summed E-state index contributed by atoms with van der Waals surface area (Å²) in [6, 6.07) is 16.8. The minimum atomic E-state index is -0.939. The summed E-state index contributed by atoms with van der Waals surface area (Å²) >= 11 is 0. The lowest BCUT2D eigenvalue weighted by Gasteiger charge is -2.29. The molecule has 2 N–H and O–H groups in total. The van der Waals surface area contributed by atoms with Gasteiger partial charge in [0.1, 0.15) is 5.82 Å². The van der Waals surface area contributed by atoms with E-state index in [0.717, 1.165) is 36.5 Å². The molecule has 0 saturated heterocycles. The first kappa shape index (κ1) is 17.0. The molecule has 0 amide bonds. The summed E-state index contributed by atoms with van der Waals surface area (Å²) in [5.74, 6) is 0.418. The van der Waals surface area contributed by atoms with Crippen LogP contribution in [0.5, 0.6) is 0 Å². The van der Waals surface area contributed by atoms with Gasteiger partial charge in [-0.25, -0.2) is 9.78 Å². The molecule has 6 heteroatoms. The van der Waals surface area contributed by atoms with E-state index in [-0.39, 0.29) is 5.56 Å². The Morgan fingerprint density at radius 1 is 1.11 bits per heavy atom. The molecule has 4 rings (SSSR count). The van der Waals surface area contributed by atoms with Crippen molar-refractivity contribution < 1.29 is 9.90 Å². The number of aryl methyl sites for hydroxylation is 2. The lowest BCUT2D eigenvalue weighted by molar-refractivity contribution is 0.0697. The number of fused-ring (bicyclic) bond motifs is 1. The van der Waals surface area contributed by atoms with Gasteiger partial charge in [0.15, 0.2) is 0 Å². The summed E-state index contributed by atoms with van der Waals surface area (Å²) < 4.78 is 0. The van der Waals surface area contributed by atoms with E-state index in [1.807, 2.05) is 19.1 Å². The molecule has 1 aromatic heterocycles. The van der Waals surface area contributed by atoms with Crippen molar-refractivity contribution in [2.24, 2.45) is 0 Å². The number of nitrogens with zero attached hydrogens (tertiary/aromatic N) is 3. The Hall–Kier alpha value is -3.41. The van der Waals surface area contributed by atoms with E-state index in [0.29, 0.717) is 11.8 Å². The highest BCUT2D eigenvalue weighted by atomic mass is 16.4. The van der Waals surface area contributed by atoms with Crippen LogP contribution >= 0.6 is 0 Å². The van der Waals surface area contributed by atoms with Crippen molar-refractivity contribution >= 4 is 29.1 Å². The Morgan fingerprint density at radius 3 is 2.67 bits per heavy atom. The van der Waals surface area contributed by atoms with E-state index in [9.17, 15) is 4.79 Å². The van der Waals surface area contributed by atoms with E-state index in [1.165, 1.54) is 5.56 Å². The zero-order chi connectivity index (χ0) is 18.8. The summed E-state index contributed by atoms with van der Waals surface area (Å²) in [7, 11) is 0. The number of hydrogen-bond acceptors (Lipinski definition) is 5. The molecule has 136 valence electrons. The minimum absolute atomic E-state index is 0.255. The normalized spacial score (nSPS) is 13.1. The quantitative estimate of drug-likeness (QED) is 0.722. The third kappa shape index (κ3) is 3.60. The Morgan fingerprint density at radius 2 is 1.89 bits per heavy atom. The van der Waals surface area contributed by atoms with E-state index in [1.54, 1.807) is 24.3 Å². The van der Waals surface area contributed by atoms with Gasteiger partial charge in [0, 0.05) is 29.7 Å². The summed E-state index contributed by atoms with van der Waals surface area (Å²) in [6.45, 7) is 2.83. The SMILES string of the molecule is Cc1cc(Nc2ccc(C(=O)O)cc2)nc(N2CCCc3ccccc32)n1. The van der Waals surface area contributed by atoms with E-state index in [2.05, 4.69) is 33.4 Å². The number of carboxylic acids is 1. The van der Waals surface area contributed by atoms with Crippen LogP contribution in [0.25, 0.3) is 0 Å². The smallest absolute Gasteiger partial charge is 0.335 e. The van der Waals surface area contributed by atoms with Gasteiger partial charge in [-0.3, -0.25) is 0 Å². The number of aromatic nitrogens is 2. The third-order valence-corrected chi connectivity index (χ3v) is 4.60. The van der Waals surface area contributed by atoms with Crippen molar-refractivity contribution in [3.8, 4) is 0 Å². The molecule has 1 aliphatic heterocycles. The molecule has 2 aromatic carbocycles. The number of nitrogens with one attached hydrogen (secondary N) is 1. The molecule has 0 spiro atoms. The van der Waals surface area contributed by atoms with Crippen molar-refractivity contribution in [1.29, 1.82) is 0 Å². The van der Waals surface area contributed by atoms with Crippen LogP contribution in [0.2, 0.25) is 0 Å². The van der Waals surface area contributed by atoms with Crippen LogP contribution in [0.1, 0.15) is 28.0 Å². The highest BCUT2D eigenvalue weighted by Crippen LogP contribution is 2.32. The largest absolute Gasteiger partial charge is 0.478 e. The molecule has 0 fully saturated rings. The van der Waals surface area contributed by atoms with Crippen LogP contribution in [0, 0.1) is 6.92 Å². The summed E-state index contributed by atoms with van der Waals surface area (Å²) in [5.41, 5.74) is 4.37. The lowest BCUT2D eigenvalue weighted by Crippen LogP contribution is -2.26. The maximum absolute atomic E-state index is 11.0. The highest BCUT2D eigenvalue weighted by Gasteiger charge is 2.20. The lowest BCUT2D eigenvalue weighted by atomic mass is 10.0. The van der Waals surface area contributed by atoms with Gasteiger partial charge < -0.3 is 15.3 Å². The van der Waals surface area contributed by atoms with Crippen molar-refractivity contribution in [1.82, 2.24) is 9.97 Å². The average Bonchev–Trinajstić information content (AvgIpc) is 2.67. The van der Waals surface area contributed by atoms with Gasteiger partial charge in [-0.2, -0.15) is 4.98 Å². The molecule has 1 aliphatic rings. The van der Waals surface area contributed by atoms with Crippen molar-refractivity contribution in [2.45, 2.75) is 19.8 Å². The summed E-state index contributed by atoms with van der Waals surface area (Å²) in [5, 5.41) is 12.3. The van der Waals surface area contributed by atoms with E-state index < -0.39 is 5.97 Å². The Kier molecular flexibility index (Phi) is 4.46. The Labute approximate surface area is 157 Å². The van der Waals surface area contributed by atoms with Crippen LogP contribution in [-0.4, -0.2) is 27.6 Å². The molecule has 0 aliphatic carbocycles. The molecule has 3 aromatic rings. The predicted molar refractivity (Wildman–Crippen MR) is 105 cm³/mol.